The van der Waals surface area contributed by atoms with E-state index in [-0.39, 0.29) is 18.6 Å². The minimum Gasteiger partial charge on any atom is -0.484 e. The Labute approximate surface area is 136 Å². The molecule has 0 radical (unpaired) electrons. The predicted molar refractivity (Wildman–Crippen MR) is 88.9 cm³/mol. The molecule has 0 saturated heterocycles. The first kappa shape index (κ1) is 15.3. The van der Waals surface area contributed by atoms with Gasteiger partial charge in [0, 0.05) is 22.4 Å². The summed E-state index contributed by atoms with van der Waals surface area (Å²) in [6.45, 7) is 1.83. The van der Waals surface area contributed by atoms with E-state index in [9.17, 15) is 9.59 Å². The highest BCUT2D eigenvalue weighted by Crippen LogP contribution is 2.20. The molecule has 3 rings (SSSR count). The first-order chi connectivity index (χ1) is 11.1. The summed E-state index contributed by atoms with van der Waals surface area (Å²) in [5, 5.41) is 5.64. The lowest BCUT2D eigenvalue weighted by atomic mass is 10.2. The molecule has 0 bridgehead atoms. The van der Waals surface area contributed by atoms with Crippen molar-refractivity contribution < 1.29 is 13.9 Å². The Morgan fingerprint density at radius 3 is 2.91 bits per heavy atom. The van der Waals surface area contributed by atoms with Crippen LogP contribution in [0.2, 0.25) is 0 Å². The van der Waals surface area contributed by atoms with E-state index in [2.05, 4.69) is 5.32 Å². The number of carbonyl (C=O) groups excluding carboxylic acids is 1. The monoisotopic (exact) mass is 329 g/mol. The van der Waals surface area contributed by atoms with Crippen LogP contribution in [0.4, 0.5) is 0 Å². The smallest absolute Gasteiger partial charge is 0.336 e. The third kappa shape index (κ3) is 3.78. The Morgan fingerprint density at radius 2 is 2.13 bits per heavy atom. The van der Waals surface area contributed by atoms with Crippen LogP contribution in [0.1, 0.15) is 17.8 Å². The van der Waals surface area contributed by atoms with Crippen LogP contribution in [0.25, 0.3) is 11.0 Å². The molecule has 1 N–H and O–H groups in total. The predicted octanol–water partition coefficient (Wildman–Crippen LogP) is 3.11. The zero-order valence-electron chi connectivity index (χ0n) is 12.4. The molecule has 1 aromatic carbocycles. The Hall–Kier alpha value is -2.60. The summed E-state index contributed by atoms with van der Waals surface area (Å²) >= 11 is 1.59. The minimum absolute atomic E-state index is 0.0549. The number of hydrogen-bond acceptors (Lipinski definition) is 5. The molecule has 2 heterocycles. The summed E-state index contributed by atoms with van der Waals surface area (Å²) in [6.07, 6.45) is 0. The Balaban J connectivity index is 1.61. The van der Waals surface area contributed by atoms with E-state index in [1.54, 1.807) is 35.6 Å². The molecule has 0 aliphatic heterocycles. The minimum atomic E-state index is -0.419. The van der Waals surface area contributed by atoms with E-state index in [1.165, 1.54) is 6.07 Å². The summed E-state index contributed by atoms with van der Waals surface area (Å²) in [7, 11) is 0. The van der Waals surface area contributed by atoms with Crippen molar-refractivity contribution in [1.82, 2.24) is 5.32 Å². The molecule has 1 amide bonds. The highest BCUT2D eigenvalue weighted by Gasteiger charge is 2.11. The third-order valence-electron chi connectivity index (χ3n) is 3.31. The van der Waals surface area contributed by atoms with Gasteiger partial charge in [-0.1, -0.05) is 6.07 Å². The van der Waals surface area contributed by atoms with Crippen LogP contribution in [-0.4, -0.2) is 12.5 Å². The number of thiophene rings is 1. The first-order valence-corrected chi connectivity index (χ1v) is 7.99. The van der Waals surface area contributed by atoms with E-state index >= 15 is 0 Å². The molecule has 0 spiro atoms. The van der Waals surface area contributed by atoms with Crippen molar-refractivity contribution >= 4 is 28.2 Å². The average molecular weight is 329 g/mol. The molecule has 118 valence electrons. The largest absolute Gasteiger partial charge is 0.484 e. The summed E-state index contributed by atoms with van der Waals surface area (Å²) in [4.78, 5) is 24.2. The number of carbonyl (C=O) groups is 1. The lowest BCUT2D eigenvalue weighted by Gasteiger charge is -2.13. The number of ether oxygens (including phenoxy) is 1. The standard InChI is InChI=1S/C17H15NO4S/c1-11(15-3-2-8-23-15)18-16(19)10-21-13-6-4-12-5-7-17(20)22-14(12)9-13/h2-9,11H,10H2,1H3,(H,18,19)/t11-/m0/s1. The molecule has 0 unspecified atom stereocenters. The van der Waals surface area contributed by atoms with Gasteiger partial charge < -0.3 is 14.5 Å². The fourth-order valence-electron chi connectivity index (χ4n) is 2.17. The van der Waals surface area contributed by atoms with Crippen molar-refractivity contribution in [3.8, 4) is 5.75 Å². The van der Waals surface area contributed by atoms with Crippen LogP contribution in [0, 0.1) is 0 Å². The summed E-state index contributed by atoms with van der Waals surface area (Å²) in [5.41, 5.74) is 0.0135. The van der Waals surface area contributed by atoms with Gasteiger partial charge in [0.05, 0.1) is 6.04 Å². The second-order valence-electron chi connectivity index (χ2n) is 5.05. The van der Waals surface area contributed by atoms with Crippen LogP contribution < -0.4 is 15.7 Å². The Bertz CT molecular complexity index is 870. The van der Waals surface area contributed by atoms with Crippen LogP contribution in [0.5, 0.6) is 5.75 Å². The van der Waals surface area contributed by atoms with Gasteiger partial charge in [-0.15, -0.1) is 11.3 Å². The van der Waals surface area contributed by atoms with Gasteiger partial charge in [-0.3, -0.25) is 4.79 Å². The topological polar surface area (TPSA) is 68.5 Å². The van der Waals surface area contributed by atoms with Gasteiger partial charge in [0.1, 0.15) is 11.3 Å². The maximum absolute atomic E-state index is 11.9. The molecule has 0 aliphatic carbocycles. The molecule has 23 heavy (non-hydrogen) atoms. The zero-order chi connectivity index (χ0) is 16.2. The fourth-order valence-corrected chi connectivity index (χ4v) is 2.91. The number of hydrogen-bond donors (Lipinski definition) is 1. The lowest BCUT2D eigenvalue weighted by Crippen LogP contribution is -2.30. The van der Waals surface area contributed by atoms with E-state index < -0.39 is 5.63 Å². The van der Waals surface area contributed by atoms with Gasteiger partial charge in [-0.2, -0.15) is 0 Å². The fraction of sp³-hybridized carbons (Fsp3) is 0.176. The molecular formula is C17H15NO4S. The van der Waals surface area contributed by atoms with Crippen molar-refractivity contribution in [2.75, 3.05) is 6.61 Å². The van der Waals surface area contributed by atoms with Crippen molar-refractivity contribution in [1.29, 1.82) is 0 Å². The molecule has 6 heteroatoms. The SMILES string of the molecule is C[C@H](NC(=O)COc1ccc2ccc(=O)oc2c1)c1cccs1. The summed E-state index contributed by atoms with van der Waals surface area (Å²) < 4.78 is 10.6. The number of nitrogens with one attached hydrogen (secondary N) is 1. The van der Waals surface area contributed by atoms with Crippen LogP contribution in [0.15, 0.2) is 57.1 Å². The molecule has 3 aromatic rings. The van der Waals surface area contributed by atoms with Gasteiger partial charge in [-0.25, -0.2) is 4.79 Å². The van der Waals surface area contributed by atoms with Gasteiger partial charge in [0.25, 0.3) is 5.91 Å². The second kappa shape index (κ2) is 6.66. The zero-order valence-corrected chi connectivity index (χ0v) is 13.3. The Morgan fingerprint density at radius 1 is 1.30 bits per heavy atom. The van der Waals surface area contributed by atoms with Gasteiger partial charge in [0.2, 0.25) is 0 Å². The Kier molecular flexibility index (Phi) is 4.43. The van der Waals surface area contributed by atoms with Gasteiger partial charge in [-0.05, 0) is 36.6 Å². The molecule has 0 fully saturated rings. The normalized spacial score (nSPS) is 12.0. The molecule has 0 saturated carbocycles. The molecular weight excluding hydrogens is 314 g/mol. The van der Waals surface area contributed by atoms with Gasteiger partial charge >= 0.3 is 5.63 Å². The van der Waals surface area contributed by atoms with E-state index in [4.69, 9.17) is 9.15 Å². The van der Waals surface area contributed by atoms with E-state index in [1.807, 2.05) is 24.4 Å². The van der Waals surface area contributed by atoms with Gasteiger partial charge in [0.15, 0.2) is 6.61 Å². The van der Waals surface area contributed by atoms with Crippen molar-refractivity contribution in [2.45, 2.75) is 13.0 Å². The summed E-state index contributed by atoms with van der Waals surface area (Å²) in [5.74, 6) is 0.270. The highest BCUT2D eigenvalue weighted by molar-refractivity contribution is 7.10. The number of rotatable bonds is 5. The van der Waals surface area contributed by atoms with Crippen molar-refractivity contribution in [3.63, 3.8) is 0 Å². The highest BCUT2D eigenvalue weighted by atomic mass is 32.1. The van der Waals surface area contributed by atoms with E-state index in [0.29, 0.717) is 11.3 Å². The second-order valence-corrected chi connectivity index (χ2v) is 6.03. The summed E-state index contributed by atoms with van der Waals surface area (Å²) in [6, 6.07) is 12.0. The average Bonchev–Trinajstić information content (AvgIpc) is 3.07. The quantitative estimate of drug-likeness (QED) is 0.730. The van der Waals surface area contributed by atoms with Crippen molar-refractivity contribution in [2.24, 2.45) is 0 Å². The van der Waals surface area contributed by atoms with Crippen LogP contribution >= 0.6 is 11.3 Å². The number of fused-ring (bicyclic) bond motifs is 1. The van der Waals surface area contributed by atoms with Crippen LogP contribution in [0.3, 0.4) is 0 Å². The van der Waals surface area contributed by atoms with Crippen molar-refractivity contribution in [3.05, 3.63) is 63.1 Å². The maximum Gasteiger partial charge on any atom is 0.336 e. The molecule has 5 nitrogen and oxygen atoms in total. The number of benzene rings is 1. The number of amides is 1. The van der Waals surface area contributed by atoms with Crippen LogP contribution in [-0.2, 0) is 4.79 Å². The third-order valence-corrected chi connectivity index (χ3v) is 4.37. The molecule has 0 aliphatic rings. The molecule has 1 atom stereocenters. The lowest BCUT2D eigenvalue weighted by molar-refractivity contribution is -0.123. The molecule has 2 aromatic heterocycles. The maximum atomic E-state index is 11.9. The van der Waals surface area contributed by atoms with E-state index in [0.717, 1.165) is 10.3 Å². The first-order valence-electron chi connectivity index (χ1n) is 7.11.